The van der Waals surface area contributed by atoms with E-state index in [-0.39, 0.29) is 5.69 Å². The summed E-state index contributed by atoms with van der Waals surface area (Å²) in [6.07, 6.45) is 0.998. The summed E-state index contributed by atoms with van der Waals surface area (Å²) in [6.45, 7) is 4.09. The molecule has 126 valence electrons. The number of piperazine rings is 1. The number of nitro groups is 1. The van der Waals surface area contributed by atoms with Gasteiger partial charge in [0.05, 0.1) is 11.0 Å². The van der Waals surface area contributed by atoms with Crippen LogP contribution in [0.15, 0.2) is 48.5 Å². The number of hydrogen-bond donors (Lipinski definition) is 0. The third-order valence-corrected chi connectivity index (χ3v) is 4.41. The van der Waals surface area contributed by atoms with Crippen molar-refractivity contribution in [3.63, 3.8) is 0 Å². The molecule has 0 atom stereocenters. The SMILES string of the molecule is O=[N+]([O-])c1cc(F)ccc1N1CCN(CCc2ccccc2)CC1. The zero-order valence-corrected chi connectivity index (χ0v) is 13.4. The van der Waals surface area contributed by atoms with Crippen molar-refractivity contribution in [3.05, 3.63) is 70.0 Å². The number of halogens is 1. The summed E-state index contributed by atoms with van der Waals surface area (Å²) in [5.74, 6) is -0.577. The number of anilines is 1. The smallest absolute Gasteiger partial charge is 0.295 e. The van der Waals surface area contributed by atoms with E-state index in [1.54, 1.807) is 0 Å². The normalized spacial score (nSPS) is 15.5. The third-order valence-electron chi connectivity index (χ3n) is 4.41. The topological polar surface area (TPSA) is 49.6 Å². The summed E-state index contributed by atoms with van der Waals surface area (Å²) in [4.78, 5) is 15.0. The van der Waals surface area contributed by atoms with E-state index >= 15 is 0 Å². The molecule has 1 heterocycles. The molecule has 0 aromatic heterocycles. The number of nitro benzene ring substituents is 1. The van der Waals surface area contributed by atoms with Crippen LogP contribution in [0.5, 0.6) is 0 Å². The maximum Gasteiger partial charge on any atom is 0.295 e. The Hall–Kier alpha value is -2.47. The molecule has 0 spiro atoms. The highest BCUT2D eigenvalue weighted by Gasteiger charge is 2.24. The summed E-state index contributed by atoms with van der Waals surface area (Å²) in [6, 6.07) is 14.1. The maximum atomic E-state index is 13.3. The van der Waals surface area contributed by atoms with Gasteiger partial charge in [0.1, 0.15) is 11.5 Å². The molecule has 1 fully saturated rings. The van der Waals surface area contributed by atoms with E-state index in [1.165, 1.54) is 17.7 Å². The van der Waals surface area contributed by atoms with Crippen LogP contribution < -0.4 is 4.90 Å². The van der Waals surface area contributed by atoms with Crippen LogP contribution in [-0.4, -0.2) is 42.5 Å². The van der Waals surface area contributed by atoms with Gasteiger partial charge in [-0.2, -0.15) is 0 Å². The standard InChI is InChI=1S/C18H20FN3O2/c19-16-6-7-17(18(14-16)22(23)24)21-12-10-20(11-13-21)9-8-15-4-2-1-3-5-15/h1-7,14H,8-13H2. The molecule has 1 aliphatic heterocycles. The third kappa shape index (κ3) is 3.89. The Labute approximate surface area is 140 Å². The fourth-order valence-electron chi connectivity index (χ4n) is 3.05. The monoisotopic (exact) mass is 329 g/mol. The fourth-order valence-corrected chi connectivity index (χ4v) is 3.05. The van der Waals surface area contributed by atoms with Gasteiger partial charge in [0.25, 0.3) is 5.69 Å². The summed E-state index contributed by atoms with van der Waals surface area (Å²) < 4.78 is 13.3. The zero-order valence-electron chi connectivity index (χ0n) is 13.4. The van der Waals surface area contributed by atoms with Gasteiger partial charge in [0.2, 0.25) is 0 Å². The van der Waals surface area contributed by atoms with Crippen LogP contribution in [0.25, 0.3) is 0 Å². The van der Waals surface area contributed by atoms with Gasteiger partial charge in [0.15, 0.2) is 0 Å². The Morgan fingerprint density at radius 1 is 1.04 bits per heavy atom. The van der Waals surface area contributed by atoms with Gasteiger partial charge in [-0.3, -0.25) is 15.0 Å². The average molecular weight is 329 g/mol. The molecule has 24 heavy (non-hydrogen) atoms. The van der Waals surface area contributed by atoms with Crippen LogP contribution in [0.2, 0.25) is 0 Å². The molecule has 3 rings (SSSR count). The molecule has 5 nitrogen and oxygen atoms in total. The van der Waals surface area contributed by atoms with Crippen LogP contribution >= 0.6 is 0 Å². The number of nitrogens with zero attached hydrogens (tertiary/aromatic N) is 3. The lowest BCUT2D eigenvalue weighted by Crippen LogP contribution is -2.47. The lowest BCUT2D eigenvalue weighted by molar-refractivity contribution is -0.384. The average Bonchev–Trinajstić information content (AvgIpc) is 2.61. The van der Waals surface area contributed by atoms with Crippen molar-refractivity contribution in [2.45, 2.75) is 6.42 Å². The zero-order chi connectivity index (χ0) is 16.9. The molecule has 0 bridgehead atoms. The van der Waals surface area contributed by atoms with Crippen LogP contribution in [0.4, 0.5) is 15.8 Å². The largest absolute Gasteiger partial charge is 0.363 e. The number of benzene rings is 2. The van der Waals surface area contributed by atoms with Gasteiger partial charge in [-0.05, 0) is 24.1 Å². The fraction of sp³-hybridized carbons (Fsp3) is 0.333. The van der Waals surface area contributed by atoms with E-state index in [4.69, 9.17) is 0 Å². The van der Waals surface area contributed by atoms with Crippen molar-refractivity contribution >= 4 is 11.4 Å². The minimum atomic E-state index is -0.577. The highest BCUT2D eigenvalue weighted by atomic mass is 19.1. The second-order valence-corrected chi connectivity index (χ2v) is 5.95. The summed E-state index contributed by atoms with van der Waals surface area (Å²) in [7, 11) is 0. The van der Waals surface area contributed by atoms with E-state index in [2.05, 4.69) is 17.0 Å². The second kappa shape index (κ2) is 7.40. The van der Waals surface area contributed by atoms with Crippen molar-refractivity contribution in [3.8, 4) is 0 Å². The molecular weight excluding hydrogens is 309 g/mol. The molecule has 0 N–H and O–H groups in total. The van der Waals surface area contributed by atoms with Crippen LogP contribution in [0.3, 0.4) is 0 Å². The predicted octanol–water partition coefficient (Wildman–Crippen LogP) is 3.10. The summed E-state index contributed by atoms with van der Waals surface area (Å²) in [5, 5.41) is 11.1. The predicted molar refractivity (Wildman–Crippen MR) is 91.9 cm³/mol. The first-order chi connectivity index (χ1) is 11.6. The highest BCUT2D eigenvalue weighted by Crippen LogP contribution is 2.29. The maximum absolute atomic E-state index is 13.3. The Kier molecular flexibility index (Phi) is 5.05. The van der Waals surface area contributed by atoms with Crippen molar-refractivity contribution < 1.29 is 9.31 Å². The van der Waals surface area contributed by atoms with E-state index < -0.39 is 10.7 Å². The van der Waals surface area contributed by atoms with E-state index in [0.29, 0.717) is 18.8 Å². The quantitative estimate of drug-likeness (QED) is 0.625. The van der Waals surface area contributed by atoms with E-state index in [0.717, 1.165) is 32.1 Å². The molecule has 0 radical (unpaired) electrons. The molecule has 0 aliphatic carbocycles. The molecule has 0 amide bonds. The van der Waals surface area contributed by atoms with E-state index in [9.17, 15) is 14.5 Å². The van der Waals surface area contributed by atoms with Crippen LogP contribution in [0, 0.1) is 15.9 Å². The first kappa shape index (κ1) is 16.4. The van der Waals surface area contributed by atoms with Crippen molar-refractivity contribution in [2.24, 2.45) is 0 Å². The van der Waals surface area contributed by atoms with Crippen molar-refractivity contribution in [1.82, 2.24) is 4.90 Å². The molecule has 2 aromatic rings. The Bertz CT molecular complexity index is 701. The van der Waals surface area contributed by atoms with Gasteiger partial charge in [0, 0.05) is 32.7 Å². The van der Waals surface area contributed by atoms with E-state index in [1.807, 2.05) is 23.1 Å². The molecule has 6 heteroatoms. The minimum absolute atomic E-state index is 0.160. The Balaban J connectivity index is 1.58. The first-order valence-corrected chi connectivity index (χ1v) is 8.08. The first-order valence-electron chi connectivity index (χ1n) is 8.08. The highest BCUT2D eigenvalue weighted by molar-refractivity contribution is 5.63. The molecule has 1 saturated heterocycles. The molecule has 2 aromatic carbocycles. The molecule has 1 aliphatic rings. The van der Waals surface area contributed by atoms with Gasteiger partial charge < -0.3 is 4.90 Å². The Morgan fingerprint density at radius 3 is 2.42 bits per heavy atom. The van der Waals surface area contributed by atoms with Gasteiger partial charge in [-0.25, -0.2) is 4.39 Å². The van der Waals surface area contributed by atoms with Crippen LogP contribution in [-0.2, 0) is 6.42 Å². The lowest BCUT2D eigenvalue weighted by Gasteiger charge is -2.35. The number of rotatable bonds is 5. The van der Waals surface area contributed by atoms with Crippen LogP contribution in [0.1, 0.15) is 5.56 Å². The summed E-state index contributed by atoms with van der Waals surface area (Å²) >= 11 is 0. The number of hydrogen-bond acceptors (Lipinski definition) is 4. The van der Waals surface area contributed by atoms with Crippen molar-refractivity contribution in [2.75, 3.05) is 37.6 Å². The van der Waals surface area contributed by atoms with Gasteiger partial charge in [-0.15, -0.1) is 0 Å². The Morgan fingerprint density at radius 2 is 1.75 bits per heavy atom. The van der Waals surface area contributed by atoms with Crippen molar-refractivity contribution in [1.29, 1.82) is 0 Å². The van der Waals surface area contributed by atoms with Gasteiger partial charge in [-0.1, -0.05) is 30.3 Å². The second-order valence-electron chi connectivity index (χ2n) is 5.95. The molecule has 0 saturated carbocycles. The summed E-state index contributed by atoms with van der Waals surface area (Å²) in [5.41, 5.74) is 1.66. The van der Waals surface area contributed by atoms with Gasteiger partial charge >= 0.3 is 0 Å². The lowest BCUT2D eigenvalue weighted by atomic mass is 10.1. The minimum Gasteiger partial charge on any atom is -0.363 e. The molecule has 0 unspecified atom stereocenters. The molecular formula is C18H20FN3O2.